The average molecular weight is 190 g/mol. The number of hydrogen-bond acceptors (Lipinski definition) is 1. The molecule has 0 radical (unpaired) electrons. The second kappa shape index (κ2) is 5.22. The second-order valence-electron chi connectivity index (χ2n) is 3.31. The fourth-order valence-corrected chi connectivity index (χ4v) is 1.22. The molecule has 0 spiro atoms. The van der Waals surface area contributed by atoms with Crippen LogP contribution in [-0.2, 0) is 11.2 Å². The molecule has 0 aliphatic heterocycles. The Labute approximate surface area is 83.9 Å². The van der Waals surface area contributed by atoms with E-state index in [1.807, 2.05) is 43.3 Å². The molecule has 0 aromatic heterocycles. The predicted octanol–water partition coefficient (Wildman–Crippen LogP) is 2.65. The quantitative estimate of drug-likeness (QED) is 0.741. The van der Waals surface area contributed by atoms with Gasteiger partial charge in [-0.05, 0) is 18.9 Å². The number of carboxylic acids is 1. The van der Waals surface area contributed by atoms with E-state index in [9.17, 15) is 4.79 Å². The van der Waals surface area contributed by atoms with Gasteiger partial charge in [-0.1, -0.05) is 42.0 Å². The largest absolute Gasteiger partial charge is 0.481 e. The number of carboxylic acid groups (broad SMARTS) is 1. The molecular formula is C12H14O2. The maximum absolute atomic E-state index is 10.4. The fraction of sp³-hybridized carbons (Fsp3) is 0.250. The second-order valence-corrected chi connectivity index (χ2v) is 3.31. The maximum atomic E-state index is 10.4. The van der Waals surface area contributed by atoms with Crippen LogP contribution in [0.1, 0.15) is 18.9 Å². The van der Waals surface area contributed by atoms with Crippen molar-refractivity contribution in [3.63, 3.8) is 0 Å². The van der Waals surface area contributed by atoms with Gasteiger partial charge in [-0.15, -0.1) is 0 Å². The van der Waals surface area contributed by atoms with Gasteiger partial charge in [0.1, 0.15) is 0 Å². The third-order valence-electron chi connectivity index (χ3n) is 1.96. The van der Waals surface area contributed by atoms with Gasteiger partial charge in [-0.25, -0.2) is 0 Å². The zero-order valence-electron chi connectivity index (χ0n) is 8.23. The van der Waals surface area contributed by atoms with Crippen LogP contribution in [0, 0.1) is 0 Å². The van der Waals surface area contributed by atoms with Crippen LogP contribution in [-0.4, -0.2) is 11.1 Å². The molecule has 0 saturated heterocycles. The molecule has 1 N–H and O–H groups in total. The Morgan fingerprint density at radius 1 is 1.36 bits per heavy atom. The summed E-state index contributed by atoms with van der Waals surface area (Å²) in [5, 5.41) is 8.54. The van der Waals surface area contributed by atoms with Crippen LogP contribution in [0.15, 0.2) is 42.0 Å². The molecule has 0 unspecified atom stereocenters. The first-order valence-electron chi connectivity index (χ1n) is 4.60. The molecule has 2 heteroatoms. The summed E-state index contributed by atoms with van der Waals surface area (Å²) in [7, 11) is 0. The zero-order valence-corrected chi connectivity index (χ0v) is 8.23. The molecule has 1 aromatic rings. The summed E-state index contributed by atoms with van der Waals surface area (Å²) in [5.74, 6) is -0.771. The number of aliphatic carboxylic acids is 1. The smallest absolute Gasteiger partial charge is 0.307 e. The summed E-state index contributed by atoms with van der Waals surface area (Å²) in [5.41, 5.74) is 2.11. The summed E-state index contributed by atoms with van der Waals surface area (Å²) in [6, 6.07) is 10.00. The van der Waals surface area contributed by atoms with Gasteiger partial charge in [0.15, 0.2) is 0 Å². The SMILES string of the molecule is CC(=CCc1ccccc1)CC(=O)O. The highest BCUT2D eigenvalue weighted by Gasteiger charge is 1.97. The minimum Gasteiger partial charge on any atom is -0.481 e. The van der Waals surface area contributed by atoms with E-state index in [1.165, 1.54) is 5.56 Å². The van der Waals surface area contributed by atoms with Gasteiger partial charge < -0.3 is 5.11 Å². The zero-order chi connectivity index (χ0) is 10.4. The normalized spacial score (nSPS) is 11.4. The summed E-state index contributed by atoms with van der Waals surface area (Å²) < 4.78 is 0. The van der Waals surface area contributed by atoms with E-state index in [0.29, 0.717) is 0 Å². The first kappa shape index (κ1) is 10.5. The topological polar surface area (TPSA) is 37.3 Å². The summed E-state index contributed by atoms with van der Waals surface area (Å²) in [6.45, 7) is 1.84. The van der Waals surface area contributed by atoms with Crippen molar-refractivity contribution >= 4 is 5.97 Å². The number of benzene rings is 1. The lowest BCUT2D eigenvalue weighted by Gasteiger charge is -1.97. The van der Waals surface area contributed by atoms with Gasteiger partial charge in [0.25, 0.3) is 0 Å². The van der Waals surface area contributed by atoms with E-state index in [4.69, 9.17) is 5.11 Å². The Balaban J connectivity index is 2.51. The van der Waals surface area contributed by atoms with Crippen LogP contribution >= 0.6 is 0 Å². The minimum atomic E-state index is -0.771. The monoisotopic (exact) mass is 190 g/mol. The molecule has 0 amide bonds. The van der Waals surface area contributed by atoms with E-state index < -0.39 is 5.97 Å². The fourth-order valence-electron chi connectivity index (χ4n) is 1.22. The van der Waals surface area contributed by atoms with E-state index in [-0.39, 0.29) is 6.42 Å². The molecule has 0 saturated carbocycles. The van der Waals surface area contributed by atoms with Gasteiger partial charge in [-0.2, -0.15) is 0 Å². The summed E-state index contributed by atoms with van der Waals surface area (Å²) in [4.78, 5) is 10.4. The Morgan fingerprint density at radius 2 is 2.00 bits per heavy atom. The maximum Gasteiger partial charge on any atom is 0.307 e. The van der Waals surface area contributed by atoms with Gasteiger partial charge in [0, 0.05) is 0 Å². The predicted molar refractivity (Wildman–Crippen MR) is 56.2 cm³/mol. The van der Waals surface area contributed by atoms with Gasteiger partial charge >= 0.3 is 5.97 Å². The van der Waals surface area contributed by atoms with Crippen LogP contribution in [0.5, 0.6) is 0 Å². The number of carbonyl (C=O) groups is 1. The lowest BCUT2D eigenvalue weighted by molar-refractivity contribution is -0.136. The molecule has 0 heterocycles. The third-order valence-corrected chi connectivity index (χ3v) is 1.96. The Hall–Kier alpha value is -1.57. The van der Waals surface area contributed by atoms with Crippen molar-refractivity contribution in [1.29, 1.82) is 0 Å². The van der Waals surface area contributed by atoms with Crippen molar-refractivity contribution in [2.24, 2.45) is 0 Å². The molecular weight excluding hydrogens is 176 g/mol. The molecule has 1 rings (SSSR count). The van der Waals surface area contributed by atoms with Crippen molar-refractivity contribution in [1.82, 2.24) is 0 Å². The standard InChI is InChI=1S/C12H14O2/c1-10(9-12(13)14)7-8-11-5-3-2-4-6-11/h2-7H,8-9H2,1H3,(H,13,14). The molecule has 2 nitrogen and oxygen atoms in total. The molecule has 0 atom stereocenters. The number of rotatable bonds is 4. The Kier molecular flexibility index (Phi) is 3.92. The van der Waals surface area contributed by atoms with Gasteiger partial charge in [0.05, 0.1) is 6.42 Å². The van der Waals surface area contributed by atoms with Crippen LogP contribution in [0.4, 0.5) is 0 Å². The van der Waals surface area contributed by atoms with E-state index >= 15 is 0 Å². The van der Waals surface area contributed by atoms with Crippen LogP contribution in [0.25, 0.3) is 0 Å². The van der Waals surface area contributed by atoms with E-state index in [0.717, 1.165) is 12.0 Å². The van der Waals surface area contributed by atoms with Crippen molar-refractivity contribution in [3.05, 3.63) is 47.5 Å². The van der Waals surface area contributed by atoms with Crippen LogP contribution in [0.2, 0.25) is 0 Å². The van der Waals surface area contributed by atoms with Gasteiger partial charge in [-0.3, -0.25) is 4.79 Å². The molecule has 1 aromatic carbocycles. The molecule has 74 valence electrons. The average Bonchev–Trinajstić information content (AvgIpc) is 2.15. The summed E-state index contributed by atoms with van der Waals surface area (Å²) in [6.07, 6.45) is 2.90. The lowest BCUT2D eigenvalue weighted by Crippen LogP contribution is -1.95. The molecule has 14 heavy (non-hydrogen) atoms. The van der Waals surface area contributed by atoms with Crippen molar-refractivity contribution in [2.45, 2.75) is 19.8 Å². The van der Waals surface area contributed by atoms with Crippen LogP contribution in [0.3, 0.4) is 0 Å². The number of hydrogen-bond donors (Lipinski definition) is 1. The first-order valence-corrected chi connectivity index (χ1v) is 4.60. The Bertz CT molecular complexity index is 325. The van der Waals surface area contributed by atoms with Crippen molar-refractivity contribution in [2.75, 3.05) is 0 Å². The van der Waals surface area contributed by atoms with E-state index in [2.05, 4.69) is 0 Å². The highest BCUT2D eigenvalue weighted by Crippen LogP contribution is 2.05. The van der Waals surface area contributed by atoms with E-state index in [1.54, 1.807) is 0 Å². The molecule has 0 aliphatic rings. The lowest BCUT2D eigenvalue weighted by atomic mass is 10.1. The minimum absolute atomic E-state index is 0.132. The van der Waals surface area contributed by atoms with Crippen molar-refractivity contribution < 1.29 is 9.90 Å². The third kappa shape index (κ3) is 3.90. The molecule has 0 bridgehead atoms. The highest BCUT2D eigenvalue weighted by molar-refractivity contribution is 5.69. The van der Waals surface area contributed by atoms with Crippen molar-refractivity contribution in [3.8, 4) is 0 Å². The number of allylic oxidation sites excluding steroid dienone is 1. The summed E-state index contributed by atoms with van der Waals surface area (Å²) >= 11 is 0. The van der Waals surface area contributed by atoms with Crippen LogP contribution < -0.4 is 0 Å². The molecule has 0 aliphatic carbocycles. The first-order chi connectivity index (χ1) is 6.68. The molecule has 0 fully saturated rings. The van der Waals surface area contributed by atoms with Gasteiger partial charge in [0.2, 0.25) is 0 Å². The Morgan fingerprint density at radius 3 is 2.57 bits per heavy atom. The highest BCUT2D eigenvalue weighted by atomic mass is 16.4.